The van der Waals surface area contributed by atoms with E-state index in [1.54, 1.807) is 0 Å². The molecular formula is C19H20FN3. The van der Waals surface area contributed by atoms with Crippen LogP contribution in [0.15, 0.2) is 42.5 Å². The van der Waals surface area contributed by atoms with Crippen molar-refractivity contribution in [3.8, 4) is 0 Å². The number of hydrogen-bond acceptors (Lipinski definition) is 2. The minimum Gasteiger partial charge on any atom is -0.399 e. The van der Waals surface area contributed by atoms with E-state index in [9.17, 15) is 4.39 Å². The molecule has 1 aliphatic carbocycles. The van der Waals surface area contributed by atoms with Crippen LogP contribution >= 0.6 is 0 Å². The Hall–Kier alpha value is -2.33. The van der Waals surface area contributed by atoms with Crippen molar-refractivity contribution in [1.29, 1.82) is 0 Å². The molecule has 118 valence electrons. The van der Waals surface area contributed by atoms with Crippen molar-refractivity contribution < 1.29 is 4.39 Å². The third kappa shape index (κ3) is 2.39. The van der Waals surface area contributed by atoms with Gasteiger partial charge in [0.1, 0.15) is 5.82 Å². The summed E-state index contributed by atoms with van der Waals surface area (Å²) >= 11 is 0. The lowest BCUT2D eigenvalue weighted by Gasteiger charge is -2.34. The molecule has 23 heavy (non-hydrogen) atoms. The van der Waals surface area contributed by atoms with Gasteiger partial charge in [-0.15, -0.1) is 0 Å². The molecule has 4 heteroatoms. The van der Waals surface area contributed by atoms with Gasteiger partial charge in [0, 0.05) is 22.3 Å². The summed E-state index contributed by atoms with van der Waals surface area (Å²) < 4.78 is 13.1. The topological polar surface area (TPSA) is 67.8 Å². The minimum absolute atomic E-state index is 0.217. The number of nitrogens with two attached hydrogens (primary N) is 2. The fourth-order valence-electron chi connectivity index (χ4n) is 3.80. The summed E-state index contributed by atoms with van der Waals surface area (Å²) in [4.78, 5) is 3.51. The molecular weight excluding hydrogens is 289 g/mol. The van der Waals surface area contributed by atoms with Gasteiger partial charge in [-0.25, -0.2) is 4.39 Å². The van der Waals surface area contributed by atoms with Crippen LogP contribution in [0.4, 0.5) is 10.1 Å². The van der Waals surface area contributed by atoms with Crippen LogP contribution < -0.4 is 11.5 Å². The SMILES string of the molecule is Nc1ccc2[nH]c3c(c2c1)CCCC3(N)Cc1ccc(F)cc1. The standard InChI is InChI=1S/C19H20FN3/c20-13-5-3-12(4-6-13)11-19(22)9-1-2-15-16-10-14(21)7-8-17(16)23-18(15)19/h3-8,10,23H,1-2,9,11,21-22H2. The average Bonchev–Trinajstić information content (AvgIpc) is 2.90. The van der Waals surface area contributed by atoms with Gasteiger partial charge in [0.05, 0.1) is 5.54 Å². The van der Waals surface area contributed by atoms with Gasteiger partial charge in [0.2, 0.25) is 0 Å². The molecule has 4 rings (SSSR count). The number of H-pyrrole nitrogens is 1. The Morgan fingerprint density at radius 1 is 1.13 bits per heavy atom. The van der Waals surface area contributed by atoms with Crippen molar-refractivity contribution >= 4 is 16.6 Å². The van der Waals surface area contributed by atoms with Gasteiger partial charge in [0.25, 0.3) is 0 Å². The van der Waals surface area contributed by atoms with E-state index in [-0.39, 0.29) is 5.82 Å². The van der Waals surface area contributed by atoms with Gasteiger partial charge >= 0.3 is 0 Å². The molecule has 2 aromatic carbocycles. The first kappa shape index (κ1) is 14.3. The summed E-state index contributed by atoms with van der Waals surface area (Å²) in [6.07, 6.45) is 3.68. The van der Waals surface area contributed by atoms with E-state index < -0.39 is 5.54 Å². The van der Waals surface area contributed by atoms with Crippen molar-refractivity contribution in [1.82, 2.24) is 4.98 Å². The van der Waals surface area contributed by atoms with E-state index in [0.29, 0.717) is 6.42 Å². The molecule has 1 heterocycles. The maximum atomic E-state index is 13.1. The van der Waals surface area contributed by atoms with E-state index in [1.165, 1.54) is 23.1 Å². The first-order chi connectivity index (χ1) is 11.0. The van der Waals surface area contributed by atoms with Gasteiger partial charge in [0.15, 0.2) is 0 Å². The second-order valence-electron chi connectivity index (χ2n) is 6.60. The third-order valence-electron chi connectivity index (χ3n) is 4.91. The summed E-state index contributed by atoms with van der Waals surface area (Å²) in [6.45, 7) is 0. The number of aryl methyl sites for hydroxylation is 1. The highest BCUT2D eigenvalue weighted by molar-refractivity contribution is 5.88. The highest BCUT2D eigenvalue weighted by Gasteiger charge is 2.35. The third-order valence-corrected chi connectivity index (χ3v) is 4.91. The number of anilines is 1. The molecule has 3 aromatic rings. The van der Waals surface area contributed by atoms with E-state index >= 15 is 0 Å². The van der Waals surface area contributed by atoms with Crippen LogP contribution in [0, 0.1) is 5.82 Å². The number of nitrogen functional groups attached to an aromatic ring is 1. The Bertz CT molecular complexity index is 866. The van der Waals surface area contributed by atoms with Crippen LogP contribution in [0.1, 0.15) is 29.7 Å². The molecule has 0 fully saturated rings. The van der Waals surface area contributed by atoms with Crippen molar-refractivity contribution in [2.24, 2.45) is 5.73 Å². The highest BCUT2D eigenvalue weighted by Crippen LogP contribution is 2.39. The number of nitrogens with one attached hydrogen (secondary N) is 1. The second-order valence-corrected chi connectivity index (χ2v) is 6.60. The zero-order valence-electron chi connectivity index (χ0n) is 12.9. The van der Waals surface area contributed by atoms with E-state index in [2.05, 4.69) is 4.98 Å². The second kappa shape index (κ2) is 5.10. The summed E-state index contributed by atoms with van der Waals surface area (Å²) in [7, 11) is 0. The lowest BCUT2D eigenvalue weighted by atomic mass is 9.77. The predicted molar refractivity (Wildman–Crippen MR) is 91.6 cm³/mol. The first-order valence-corrected chi connectivity index (χ1v) is 7.99. The average molecular weight is 309 g/mol. The van der Waals surface area contributed by atoms with Crippen LogP contribution in [0.25, 0.3) is 10.9 Å². The van der Waals surface area contributed by atoms with Crippen LogP contribution in [0.2, 0.25) is 0 Å². The maximum Gasteiger partial charge on any atom is 0.123 e. The van der Waals surface area contributed by atoms with Crippen molar-refractivity contribution in [2.45, 2.75) is 31.2 Å². The van der Waals surface area contributed by atoms with E-state index in [1.807, 2.05) is 30.3 Å². The zero-order valence-corrected chi connectivity index (χ0v) is 12.9. The zero-order chi connectivity index (χ0) is 16.0. The van der Waals surface area contributed by atoms with Gasteiger partial charge < -0.3 is 16.5 Å². The molecule has 0 radical (unpaired) electrons. The van der Waals surface area contributed by atoms with Crippen LogP contribution in [0.5, 0.6) is 0 Å². The fourth-order valence-corrected chi connectivity index (χ4v) is 3.80. The van der Waals surface area contributed by atoms with Gasteiger partial charge in [-0.2, -0.15) is 0 Å². The van der Waals surface area contributed by atoms with Crippen LogP contribution in [0.3, 0.4) is 0 Å². The van der Waals surface area contributed by atoms with E-state index in [0.717, 1.165) is 41.7 Å². The Kier molecular flexibility index (Phi) is 3.16. The number of benzene rings is 2. The number of rotatable bonds is 2. The van der Waals surface area contributed by atoms with Crippen molar-refractivity contribution in [3.05, 3.63) is 65.1 Å². The maximum absolute atomic E-state index is 13.1. The molecule has 0 aliphatic heterocycles. The quantitative estimate of drug-likeness (QED) is 0.633. The fraction of sp³-hybridized carbons (Fsp3) is 0.263. The molecule has 1 atom stereocenters. The normalized spacial score (nSPS) is 20.6. The number of halogens is 1. The lowest BCUT2D eigenvalue weighted by molar-refractivity contribution is 0.362. The Morgan fingerprint density at radius 2 is 1.91 bits per heavy atom. The minimum atomic E-state index is -0.445. The molecule has 0 saturated heterocycles. The first-order valence-electron chi connectivity index (χ1n) is 7.99. The summed E-state index contributed by atoms with van der Waals surface area (Å²) in [6, 6.07) is 12.6. The number of hydrogen-bond donors (Lipinski definition) is 3. The molecule has 0 spiro atoms. The van der Waals surface area contributed by atoms with Crippen LogP contribution in [-0.4, -0.2) is 4.98 Å². The van der Waals surface area contributed by atoms with Gasteiger partial charge in [-0.3, -0.25) is 0 Å². The molecule has 1 aliphatic rings. The lowest BCUT2D eigenvalue weighted by Crippen LogP contribution is -2.42. The van der Waals surface area contributed by atoms with Gasteiger partial charge in [-0.05, 0) is 67.1 Å². The molecule has 3 nitrogen and oxygen atoms in total. The molecule has 0 saturated carbocycles. The van der Waals surface area contributed by atoms with Crippen molar-refractivity contribution in [3.63, 3.8) is 0 Å². The van der Waals surface area contributed by atoms with E-state index in [4.69, 9.17) is 11.5 Å². The van der Waals surface area contributed by atoms with Gasteiger partial charge in [-0.1, -0.05) is 12.1 Å². The molecule has 5 N–H and O–H groups in total. The largest absolute Gasteiger partial charge is 0.399 e. The number of aromatic amines is 1. The number of fused-ring (bicyclic) bond motifs is 3. The molecule has 1 aromatic heterocycles. The Morgan fingerprint density at radius 3 is 2.70 bits per heavy atom. The monoisotopic (exact) mass is 309 g/mol. The molecule has 0 bridgehead atoms. The summed E-state index contributed by atoms with van der Waals surface area (Å²) in [5, 5.41) is 1.17. The highest BCUT2D eigenvalue weighted by atomic mass is 19.1. The number of aromatic nitrogens is 1. The summed E-state index contributed by atoms with van der Waals surface area (Å²) in [5.74, 6) is -0.217. The Labute approximate surface area is 134 Å². The molecule has 1 unspecified atom stereocenters. The predicted octanol–water partition coefficient (Wildman–Crippen LogP) is 3.62. The Balaban J connectivity index is 1.79. The molecule has 0 amide bonds. The smallest absolute Gasteiger partial charge is 0.123 e. The van der Waals surface area contributed by atoms with Crippen LogP contribution in [-0.2, 0) is 18.4 Å². The summed E-state index contributed by atoms with van der Waals surface area (Å²) in [5.41, 5.74) is 17.6. The van der Waals surface area contributed by atoms with Crippen molar-refractivity contribution in [2.75, 3.05) is 5.73 Å².